The van der Waals surface area contributed by atoms with Crippen molar-refractivity contribution >= 4 is 5.97 Å². The number of morpholine rings is 1. The third-order valence-corrected chi connectivity index (χ3v) is 3.50. The fourth-order valence-electron chi connectivity index (χ4n) is 2.61. The molecule has 1 heterocycles. The molecule has 0 bridgehead atoms. The molecule has 1 aromatic rings. The highest BCUT2D eigenvalue weighted by Gasteiger charge is 2.22. The Morgan fingerprint density at radius 2 is 2.10 bits per heavy atom. The van der Waals surface area contributed by atoms with Gasteiger partial charge in [-0.25, -0.2) is 0 Å². The summed E-state index contributed by atoms with van der Waals surface area (Å²) in [6, 6.07) is 6.17. The van der Waals surface area contributed by atoms with Gasteiger partial charge in [0.25, 0.3) is 0 Å². The van der Waals surface area contributed by atoms with Crippen molar-refractivity contribution in [2.24, 2.45) is 0 Å². The van der Waals surface area contributed by atoms with Crippen LogP contribution in [0.25, 0.3) is 0 Å². The van der Waals surface area contributed by atoms with Crippen LogP contribution in [0.3, 0.4) is 0 Å². The zero-order valence-electron chi connectivity index (χ0n) is 12.7. The second kappa shape index (κ2) is 7.43. The van der Waals surface area contributed by atoms with Crippen LogP contribution in [0.5, 0.6) is 5.75 Å². The van der Waals surface area contributed by atoms with Crippen molar-refractivity contribution in [2.75, 3.05) is 32.8 Å². The van der Waals surface area contributed by atoms with Gasteiger partial charge >= 0.3 is 5.97 Å². The van der Waals surface area contributed by atoms with E-state index in [4.69, 9.17) is 14.6 Å². The first kappa shape index (κ1) is 15.8. The molecule has 1 unspecified atom stereocenters. The van der Waals surface area contributed by atoms with Gasteiger partial charge in [-0.2, -0.15) is 0 Å². The van der Waals surface area contributed by atoms with Gasteiger partial charge in [-0.05, 0) is 37.1 Å². The molecule has 5 heteroatoms. The Morgan fingerprint density at radius 3 is 2.76 bits per heavy atom. The van der Waals surface area contributed by atoms with E-state index in [2.05, 4.69) is 24.8 Å². The summed E-state index contributed by atoms with van der Waals surface area (Å²) < 4.78 is 11.2. The fraction of sp³-hybridized carbons (Fsp3) is 0.562. The Kier molecular flexibility index (Phi) is 5.59. The summed E-state index contributed by atoms with van der Waals surface area (Å²) in [4.78, 5) is 12.9. The van der Waals surface area contributed by atoms with Crippen molar-refractivity contribution in [3.05, 3.63) is 29.3 Å². The molecule has 1 saturated heterocycles. The summed E-state index contributed by atoms with van der Waals surface area (Å²) in [5, 5.41) is 8.81. The Balaban J connectivity index is 1.76. The minimum absolute atomic E-state index is 0.0639. The predicted molar refractivity (Wildman–Crippen MR) is 79.8 cm³/mol. The Morgan fingerprint density at radius 1 is 1.38 bits per heavy atom. The number of aryl methyl sites for hydroxylation is 2. The van der Waals surface area contributed by atoms with Gasteiger partial charge in [0.1, 0.15) is 12.4 Å². The maximum atomic E-state index is 10.7. The number of benzene rings is 1. The van der Waals surface area contributed by atoms with Gasteiger partial charge in [0, 0.05) is 19.6 Å². The second-order valence-corrected chi connectivity index (χ2v) is 5.56. The fourth-order valence-corrected chi connectivity index (χ4v) is 2.61. The molecule has 1 aromatic carbocycles. The van der Waals surface area contributed by atoms with Gasteiger partial charge < -0.3 is 14.6 Å². The van der Waals surface area contributed by atoms with Crippen molar-refractivity contribution in [2.45, 2.75) is 26.4 Å². The molecule has 5 nitrogen and oxygen atoms in total. The van der Waals surface area contributed by atoms with Gasteiger partial charge in [-0.3, -0.25) is 9.69 Å². The normalized spacial score (nSPS) is 19.4. The molecule has 1 fully saturated rings. The van der Waals surface area contributed by atoms with Crippen LogP contribution in [-0.2, 0) is 9.53 Å². The SMILES string of the molecule is Cc1cc(C)cc(OCCN2CCOC(CC(=O)O)C2)c1. The number of carboxylic acid groups (broad SMARTS) is 1. The van der Waals surface area contributed by atoms with Crippen LogP contribution in [0.15, 0.2) is 18.2 Å². The van der Waals surface area contributed by atoms with Gasteiger partial charge in [-0.15, -0.1) is 0 Å². The zero-order chi connectivity index (χ0) is 15.2. The lowest BCUT2D eigenvalue weighted by atomic mass is 10.1. The second-order valence-electron chi connectivity index (χ2n) is 5.56. The number of carboxylic acids is 1. The molecule has 0 spiro atoms. The summed E-state index contributed by atoms with van der Waals surface area (Å²) in [6.07, 6.45) is -0.147. The summed E-state index contributed by atoms with van der Waals surface area (Å²) in [5.74, 6) is 0.0798. The first-order chi connectivity index (χ1) is 10.0. The quantitative estimate of drug-likeness (QED) is 0.867. The summed E-state index contributed by atoms with van der Waals surface area (Å²) >= 11 is 0. The van der Waals surface area contributed by atoms with E-state index in [0.29, 0.717) is 19.8 Å². The summed E-state index contributed by atoms with van der Waals surface area (Å²) in [6.45, 7) is 7.56. The molecule has 0 aromatic heterocycles. The number of ether oxygens (including phenoxy) is 2. The monoisotopic (exact) mass is 293 g/mol. The highest BCUT2D eigenvalue weighted by atomic mass is 16.5. The number of rotatable bonds is 6. The Labute approximate surface area is 125 Å². The number of hydrogen-bond donors (Lipinski definition) is 1. The molecule has 1 N–H and O–H groups in total. The van der Waals surface area contributed by atoms with Crippen LogP contribution >= 0.6 is 0 Å². The molecule has 0 amide bonds. The van der Waals surface area contributed by atoms with E-state index in [1.807, 2.05) is 12.1 Å². The third-order valence-electron chi connectivity index (χ3n) is 3.50. The molecular weight excluding hydrogens is 270 g/mol. The first-order valence-corrected chi connectivity index (χ1v) is 7.30. The lowest BCUT2D eigenvalue weighted by molar-refractivity contribution is -0.142. The molecule has 21 heavy (non-hydrogen) atoms. The molecule has 1 aliphatic rings. The molecule has 1 atom stereocenters. The Bertz CT molecular complexity index is 469. The van der Waals surface area contributed by atoms with E-state index in [9.17, 15) is 4.79 Å². The number of aliphatic carboxylic acids is 1. The summed E-state index contributed by atoms with van der Waals surface area (Å²) in [7, 11) is 0. The zero-order valence-corrected chi connectivity index (χ0v) is 12.7. The smallest absolute Gasteiger partial charge is 0.306 e. The first-order valence-electron chi connectivity index (χ1n) is 7.30. The highest BCUT2D eigenvalue weighted by Crippen LogP contribution is 2.16. The predicted octanol–water partition coefficient (Wildman–Crippen LogP) is 1.86. The number of nitrogens with zero attached hydrogens (tertiary/aromatic N) is 1. The lowest BCUT2D eigenvalue weighted by Crippen LogP contribution is -2.44. The average molecular weight is 293 g/mol. The molecule has 2 rings (SSSR count). The van der Waals surface area contributed by atoms with E-state index >= 15 is 0 Å². The average Bonchev–Trinajstić information content (AvgIpc) is 2.37. The van der Waals surface area contributed by atoms with Crippen molar-refractivity contribution in [1.82, 2.24) is 4.90 Å². The highest BCUT2D eigenvalue weighted by molar-refractivity contribution is 5.67. The van der Waals surface area contributed by atoms with Crippen LogP contribution in [0, 0.1) is 13.8 Å². The van der Waals surface area contributed by atoms with Crippen LogP contribution in [0.1, 0.15) is 17.5 Å². The van der Waals surface area contributed by atoms with Gasteiger partial charge in [-0.1, -0.05) is 6.07 Å². The van der Waals surface area contributed by atoms with Crippen LogP contribution in [0.4, 0.5) is 0 Å². The van der Waals surface area contributed by atoms with Crippen molar-refractivity contribution in [3.8, 4) is 5.75 Å². The van der Waals surface area contributed by atoms with Crippen molar-refractivity contribution in [3.63, 3.8) is 0 Å². The lowest BCUT2D eigenvalue weighted by Gasteiger charge is -2.32. The van der Waals surface area contributed by atoms with Crippen LogP contribution in [-0.4, -0.2) is 54.9 Å². The van der Waals surface area contributed by atoms with E-state index in [1.54, 1.807) is 0 Å². The van der Waals surface area contributed by atoms with E-state index < -0.39 is 5.97 Å². The van der Waals surface area contributed by atoms with Crippen LogP contribution in [0.2, 0.25) is 0 Å². The van der Waals surface area contributed by atoms with E-state index in [-0.39, 0.29) is 12.5 Å². The molecule has 1 aliphatic heterocycles. The molecule has 0 aliphatic carbocycles. The molecule has 0 radical (unpaired) electrons. The maximum absolute atomic E-state index is 10.7. The summed E-state index contributed by atoms with van der Waals surface area (Å²) in [5.41, 5.74) is 2.38. The van der Waals surface area contributed by atoms with Crippen LogP contribution < -0.4 is 4.74 Å². The molecule has 0 saturated carbocycles. The Hall–Kier alpha value is -1.59. The van der Waals surface area contributed by atoms with E-state index in [1.165, 1.54) is 11.1 Å². The standard InChI is InChI=1S/C16H23NO4/c1-12-7-13(2)9-14(8-12)20-5-3-17-4-6-21-15(11-17)10-16(18)19/h7-9,15H,3-6,10-11H2,1-2H3,(H,18,19). The maximum Gasteiger partial charge on any atom is 0.306 e. The molecule has 116 valence electrons. The topological polar surface area (TPSA) is 59.0 Å². The van der Waals surface area contributed by atoms with Gasteiger partial charge in [0.15, 0.2) is 0 Å². The number of hydrogen-bond acceptors (Lipinski definition) is 4. The molecular formula is C16H23NO4. The van der Waals surface area contributed by atoms with E-state index in [0.717, 1.165) is 18.8 Å². The van der Waals surface area contributed by atoms with Crippen molar-refractivity contribution in [1.29, 1.82) is 0 Å². The minimum atomic E-state index is -0.812. The van der Waals surface area contributed by atoms with Gasteiger partial charge in [0.2, 0.25) is 0 Å². The number of carbonyl (C=O) groups is 1. The third kappa shape index (κ3) is 5.36. The minimum Gasteiger partial charge on any atom is -0.492 e. The largest absolute Gasteiger partial charge is 0.492 e. The van der Waals surface area contributed by atoms with Gasteiger partial charge in [0.05, 0.1) is 19.1 Å². The van der Waals surface area contributed by atoms with Crippen molar-refractivity contribution < 1.29 is 19.4 Å².